The van der Waals surface area contributed by atoms with Gasteiger partial charge in [-0.3, -0.25) is 8.74 Å². The molecule has 1 N–H and O–H groups in total. The van der Waals surface area contributed by atoms with Crippen LogP contribution in [0.15, 0.2) is 0 Å². The third-order valence-corrected chi connectivity index (χ3v) is 8.04. The van der Waals surface area contributed by atoms with Gasteiger partial charge < -0.3 is 0 Å². The first-order valence-electron chi connectivity index (χ1n) is 7.35. The highest BCUT2D eigenvalue weighted by molar-refractivity contribution is 9.02. The van der Waals surface area contributed by atoms with Crippen molar-refractivity contribution in [1.82, 2.24) is 0 Å². The highest BCUT2D eigenvalue weighted by Gasteiger charge is 2.22. The van der Waals surface area contributed by atoms with Crippen LogP contribution in [0.4, 0.5) is 0 Å². The summed E-state index contributed by atoms with van der Waals surface area (Å²) in [4.78, 5) is 0. The van der Waals surface area contributed by atoms with Gasteiger partial charge in [0, 0.05) is 0 Å². The van der Waals surface area contributed by atoms with E-state index in [2.05, 4.69) is 11.1 Å². The van der Waals surface area contributed by atoms with Gasteiger partial charge in [-0.1, -0.05) is 64.7 Å². The van der Waals surface area contributed by atoms with E-state index in [1.54, 1.807) is 0 Å². The van der Waals surface area contributed by atoms with E-state index in [1.807, 2.05) is 0 Å². The average molecular weight is 363 g/mol. The molecule has 0 aliphatic rings. The second kappa shape index (κ2) is 11.7. The lowest BCUT2D eigenvalue weighted by Crippen LogP contribution is -2.06. The Morgan fingerprint density at radius 3 is 1.67 bits per heavy atom. The molecular weight excluding hydrogens is 336 g/mol. The van der Waals surface area contributed by atoms with Gasteiger partial charge in [-0.05, 0) is 6.42 Å². The van der Waals surface area contributed by atoms with Crippen LogP contribution in [0, 0.1) is 0 Å². The van der Waals surface area contributed by atoms with E-state index in [4.69, 9.17) is 4.55 Å². The van der Waals surface area contributed by atoms with Crippen LogP contribution in [0.25, 0.3) is 0 Å². The number of unbranched alkanes of at least 4 members (excludes halogenated alkanes) is 9. The fourth-order valence-corrected chi connectivity index (χ4v) is 5.65. The molecule has 0 aromatic carbocycles. The molecule has 0 aliphatic carbocycles. The van der Waals surface area contributed by atoms with Gasteiger partial charge >= 0.3 is 18.3 Å². The topological polar surface area (TPSA) is 97.7 Å². The molecule has 0 saturated carbocycles. The Kier molecular flexibility index (Phi) is 11.8. The molecule has 0 bridgehead atoms. The van der Waals surface area contributed by atoms with Gasteiger partial charge in [0.05, 0.1) is 6.61 Å². The van der Waals surface area contributed by atoms with E-state index in [9.17, 15) is 16.8 Å². The first-order chi connectivity index (χ1) is 9.77. The highest BCUT2D eigenvalue weighted by Crippen LogP contribution is 2.21. The van der Waals surface area contributed by atoms with Crippen molar-refractivity contribution in [2.75, 3.05) is 6.61 Å². The zero-order valence-corrected chi connectivity index (χ0v) is 14.9. The first kappa shape index (κ1) is 21.2. The molecule has 9 heteroatoms. The van der Waals surface area contributed by atoms with Crippen molar-refractivity contribution in [3.63, 3.8) is 0 Å². The fraction of sp³-hybridized carbons (Fsp3) is 1.00. The molecule has 0 aliphatic heterocycles. The van der Waals surface area contributed by atoms with Crippen molar-refractivity contribution in [3.8, 4) is 0 Å². The highest BCUT2D eigenvalue weighted by atomic mass is 33.5. The van der Waals surface area contributed by atoms with Crippen LogP contribution in [-0.4, -0.2) is 28.0 Å². The quantitative estimate of drug-likeness (QED) is 0.286. The summed E-state index contributed by atoms with van der Waals surface area (Å²) in [5, 5.41) is 0. The third-order valence-electron chi connectivity index (χ3n) is 2.89. The Morgan fingerprint density at radius 1 is 0.810 bits per heavy atom. The minimum Gasteiger partial charge on any atom is -0.276 e. The van der Waals surface area contributed by atoms with E-state index in [0.717, 1.165) is 19.3 Å². The maximum absolute atomic E-state index is 11.1. The zero-order valence-electron chi connectivity index (χ0n) is 12.5. The summed E-state index contributed by atoms with van der Waals surface area (Å²) in [5.74, 6) is 0. The fourth-order valence-electron chi connectivity index (χ4n) is 1.88. The molecule has 0 radical (unpaired) electrons. The largest absolute Gasteiger partial charge is 0.339 e. The Balaban J connectivity index is 3.44. The predicted octanol–water partition coefficient (Wildman–Crippen LogP) is 3.70. The summed E-state index contributed by atoms with van der Waals surface area (Å²) < 4.78 is 55.9. The molecule has 0 aromatic rings. The summed E-state index contributed by atoms with van der Waals surface area (Å²) in [6, 6.07) is 0. The van der Waals surface area contributed by atoms with Crippen LogP contribution in [0.3, 0.4) is 0 Å². The number of hydrogen-bond acceptors (Lipinski definition) is 6. The lowest BCUT2D eigenvalue weighted by atomic mass is 10.1. The SMILES string of the molecule is CCCCCCCCCCCCOS(=O)(=O)SS(=O)(=O)O. The second-order valence-corrected chi connectivity index (χ2v) is 11.1. The standard InChI is InChI=1S/C12H26O6S3/c1-2-3-4-5-6-7-8-9-10-11-12-18-21(16,17)19-20(13,14)15/h2-12H2,1H3,(H,13,14,15). The third kappa shape index (κ3) is 16.4. The van der Waals surface area contributed by atoms with E-state index in [0.29, 0.717) is 6.42 Å². The molecule has 0 fully saturated rings. The van der Waals surface area contributed by atoms with Crippen LogP contribution in [0.2, 0.25) is 0 Å². The lowest BCUT2D eigenvalue weighted by molar-refractivity contribution is 0.316. The molecule has 0 spiro atoms. The van der Waals surface area contributed by atoms with Gasteiger partial charge in [0.25, 0.3) is 0 Å². The molecule has 0 atom stereocenters. The normalized spacial score (nSPS) is 12.7. The van der Waals surface area contributed by atoms with Gasteiger partial charge in [-0.2, -0.15) is 16.8 Å². The molecule has 0 saturated heterocycles. The molecule has 0 unspecified atom stereocenters. The van der Waals surface area contributed by atoms with Crippen LogP contribution in [0.1, 0.15) is 71.1 Å². The van der Waals surface area contributed by atoms with Crippen LogP contribution in [-0.2, 0) is 22.5 Å². The molecule has 0 heterocycles. The van der Waals surface area contributed by atoms with Gasteiger partial charge in [0.15, 0.2) is 9.83 Å². The first-order valence-corrected chi connectivity index (χ1v) is 12.0. The lowest BCUT2D eigenvalue weighted by Gasteiger charge is -2.03. The summed E-state index contributed by atoms with van der Waals surface area (Å²) in [6.45, 7) is 2.14. The minimum absolute atomic E-state index is 0.0542. The van der Waals surface area contributed by atoms with Crippen molar-refractivity contribution >= 4 is 28.1 Å². The average Bonchev–Trinajstić information content (AvgIpc) is 2.33. The second-order valence-electron chi connectivity index (χ2n) is 4.91. The van der Waals surface area contributed by atoms with Crippen LogP contribution in [0.5, 0.6) is 0 Å². The van der Waals surface area contributed by atoms with E-state index < -0.39 is 28.1 Å². The van der Waals surface area contributed by atoms with Crippen molar-refractivity contribution in [2.45, 2.75) is 71.1 Å². The number of rotatable bonds is 14. The van der Waals surface area contributed by atoms with Gasteiger partial charge in [-0.15, -0.1) is 0 Å². The van der Waals surface area contributed by atoms with E-state index >= 15 is 0 Å². The maximum Gasteiger partial charge on any atom is 0.339 e. The molecule has 0 amide bonds. The monoisotopic (exact) mass is 362 g/mol. The van der Waals surface area contributed by atoms with Crippen molar-refractivity contribution in [1.29, 1.82) is 0 Å². The maximum atomic E-state index is 11.1. The molecule has 21 heavy (non-hydrogen) atoms. The molecule has 0 aromatic heterocycles. The summed E-state index contributed by atoms with van der Waals surface area (Å²) >= 11 is 0. The summed E-state index contributed by atoms with van der Waals surface area (Å²) in [7, 11) is -9.50. The zero-order chi connectivity index (χ0) is 16.2. The minimum atomic E-state index is -4.64. The Hall–Kier alpha value is 0.170. The summed E-state index contributed by atoms with van der Waals surface area (Å²) in [6.07, 6.45) is 11.1. The van der Waals surface area contributed by atoms with E-state index in [-0.39, 0.29) is 6.61 Å². The van der Waals surface area contributed by atoms with Crippen molar-refractivity contribution < 1.29 is 25.6 Å². The smallest absolute Gasteiger partial charge is 0.276 e. The Morgan fingerprint density at radius 2 is 1.24 bits per heavy atom. The van der Waals surface area contributed by atoms with Crippen molar-refractivity contribution in [2.24, 2.45) is 0 Å². The van der Waals surface area contributed by atoms with Gasteiger partial charge in [0.1, 0.15) is 0 Å². The van der Waals surface area contributed by atoms with Gasteiger partial charge in [-0.25, -0.2) is 0 Å². The predicted molar refractivity (Wildman–Crippen MR) is 85.9 cm³/mol. The molecule has 0 rings (SSSR count). The van der Waals surface area contributed by atoms with E-state index in [1.165, 1.54) is 38.5 Å². The van der Waals surface area contributed by atoms with Crippen molar-refractivity contribution in [3.05, 3.63) is 0 Å². The summed E-state index contributed by atoms with van der Waals surface area (Å²) in [5.41, 5.74) is 0. The van der Waals surface area contributed by atoms with Crippen LogP contribution < -0.4 is 0 Å². The molecule has 6 nitrogen and oxygen atoms in total. The number of hydrogen-bond donors (Lipinski definition) is 1. The Bertz CT molecular complexity index is 444. The molecule has 128 valence electrons. The van der Waals surface area contributed by atoms with Gasteiger partial charge in [0.2, 0.25) is 0 Å². The molecular formula is C12H26O6S3. The van der Waals surface area contributed by atoms with Crippen LogP contribution >= 0.6 is 9.83 Å². The Labute approximate surface area is 131 Å².